The predicted molar refractivity (Wildman–Crippen MR) is 70.8 cm³/mol. The number of fused-ring (bicyclic) bond motifs is 1. The van der Waals surface area contributed by atoms with Gasteiger partial charge in [-0.25, -0.2) is 0 Å². The van der Waals surface area contributed by atoms with Crippen molar-refractivity contribution in [3.8, 4) is 0 Å². The normalized spacial score (nSPS) is 31.1. The molecule has 0 unspecified atom stereocenters. The summed E-state index contributed by atoms with van der Waals surface area (Å²) in [7, 11) is 0. The van der Waals surface area contributed by atoms with Crippen molar-refractivity contribution in [2.45, 2.75) is 37.7 Å². The number of rotatable bonds is 5. The fraction of sp³-hybridized carbons (Fsp3) is 0.923. The lowest BCUT2D eigenvalue weighted by Crippen LogP contribution is -2.48. The van der Waals surface area contributed by atoms with Crippen LogP contribution in [0.25, 0.3) is 0 Å². The molecule has 0 aliphatic carbocycles. The summed E-state index contributed by atoms with van der Waals surface area (Å²) in [6.07, 6.45) is -2.83. The lowest BCUT2D eigenvalue weighted by Gasteiger charge is -2.29. The number of likely N-dealkylation sites (tertiary alicyclic amines) is 2. The lowest BCUT2D eigenvalue weighted by molar-refractivity contribution is -0.128. The van der Waals surface area contributed by atoms with E-state index in [9.17, 15) is 20.1 Å². The topological polar surface area (TPSA) is 104 Å². The van der Waals surface area contributed by atoms with Crippen molar-refractivity contribution in [1.29, 1.82) is 0 Å². The zero-order chi connectivity index (χ0) is 14.9. The Morgan fingerprint density at radius 3 is 2.55 bits per heavy atom. The summed E-state index contributed by atoms with van der Waals surface area (Å²) in [5.74, 6) is 0.488. The Bertz CT molecular complexity index is 354. The molecule has 4 N–H and O–H groups in total. The molecule has 2 aliphatic rings. The molecule has 7 heteroatoms. The van der Waals surface area contributed by atoms with E-state index in [1.54, 1.807) is 6.92 Å². The van der Waals surface area contributed by atoms with E-state index in [1.807, 2.05) is 4.90 Å². The lowest BCUT2D eigenvalue weighted by atomic mass is 10.0. The number of hydrogen-bond acceptors (Lipinski definition) is 6. The summed E-state index contributed by atoms with van der Waals surface area (Å²) < 4.78 is 0. The molecule has 2 rings (SSSR count). The molecule has 0 bridgehead atoms. The van der Waals surface area contributed by atoms with Gasteiger partial charge in [0, 0.05) is 32.6 Å². The van der Waals surface area contributed by atoms with E-state index in [4.69, 9.17) is 5.11 Å². The van der Waals surface area contributed by atoms with Crippen molar-refractivity contribution in [3.05, 3.63) is 0 Å². The molecule has 2 saturated heterocycles. The number of nitrogens with zero attached hydrogens (tertiary/aromatic N) is 2. The van der Waals surface area contributed by atoms with E-state index in [0.717, 1.165) is 19.5 Å². The third-order valence-corrected chi connectivity index (χ3v) is 4.51. The van der Waals surface area contributed by atoms with E-state index in [2.05, 4.69) is 4.90 Å². The maximum Gasteiger partial charge on any atom is 0.219 e. The number of carbonyl (C=O) groups excluding carboxylic acids is 1. The Kier molecular flexibility index (Phi) is 4.98. The Morgan fingerprint density at radius 2 is 1.95 bits per heavy atom. The minimum absolute atomic E-state index is 0.0654. The molecule has 2 fully saturated rings. The van der Waals surface area contributed by atoms with Crippen molar-refractivity contribution in [2.75, 3.05) is 32.8 Å². The fourth-order valence-corrected chi connectivity index (χ4v) is 3.25. The van der Waals surface area contributed by atoms with Gasteiger partial charge in [-0.2, -0.15) is 0 Å². The van der Waals surface area contributed by atoms with Gasteiger partial charge in [0.1, 0.15) is 12.2 Å². The van der Waals surface area contributed by atoms with Gasteiger partial charge in [-0.15, -0.1) is 0 Å². The van der Waals surface area contributed by atoms with Gasteiger partial charge in [0.15, 0.2) is 0 Å². The van der Waals surface area contributed by atoms with Crippen LogP contribution >= 0.6 is 0 Å². The maximum atomic E-state index is 11.4. The van der Waals surface area contributed by atoms with Crippen molar-refractivity contribution in [2.24, 2.45) is 5.92 Å². The molecule has 5 atom stereocenters. The van der Waals surface area contributed by atoms with Crippen LogP contribution in [-0.2, 0) is 4.79 Å². The second-order valence-corrected chi connectivity index (χ2v) is 5.84. The van der Waals surface area contributed by atoms with Crippen LogP contribution in [0.3, 0.4) is 0 Å². The van der Waals surface area contributed by atoms with E-state index < -0.39 is 24.9 Å². The smallest absolute Gasteiger partial charge is 0.219 e. The molecule has 2 heterocycles. The van der Waals surface area contributed by atoms with Gasteiger partial charge in [0.25, 0.3) is 0 Å². The van der Waals surface area contributed by atoms with Crippen LogP contribution < -0.4 is 0 Å². The minimum atomic E-state index is -1.36. The Labute approximate surface area is 118 Å². The van der Waals surface area contributed by atoms with Crippen LogP contribution in [0.15, 0.2) is 0 Å². The highest BCUT2D eigenvalue weighted by molar-refractivity contribution is 5.73. The summed E-state index contributed by atoms with van der Waals surface area (Å²) in [6.45, 7) is 3.45. The first-order chi connectivity index (χ1) is 9.43. The van der Waals surface area contributed by atoms with Gasteiger partial charge in [-0.3, -0.25) is 9.69 Å². The standard InChI is InChI=1S/C13H24N2O5/c1-8(17)15-4-9-2-3-14(10(9)5-15)6-11(18)13(20)12(19)7-16/h9-13,16,18-20H,2-7H2,1H3/t9-,10+,11-,12+,13-/m0/s1. The number of hydrogen-bond donors (Lipinski definition) is 4. The van der Waals surface area contributed by atoms with Crippen molar-refractivity contribution in [3.63, 3.8) is 0 Å². The van der Waals surface area contributed by atoms with E-state index in [-0.39, 0.29) is 18.5 Å². The molecule has 1 amide bonds. The third kappa shape index (κ3) is 3.12. The van der Waals surface area contributed by atoms with E-state index in [0.29, 0.717) is 12.5 Å². The first-order valence-electron chi connectivity index (χ1n) is 7.08. The second kappa shape index (κ2) is 6.36. The average molecular weight is 288 g/mol. The van der Waals surface area contributed by atoms with Crippen molar-refractivity contribution < 1.29 is 25.2 Å². The fourth-order valence-electron chi connectivity index (χ4n) is 3.25. The largest absolute Gasteiger partial charge is 0.394 e. The molecule has 20 heavy (non-hydrogen) atoms. The molecule has 0 saturated carbocycles. The van der Waals surface area contributed by atoms with Crippen LogP contribution in [0.5, 0.6) is 0 Å². The molecule has 116 valence electrons. The van der Waals surface area contributed by atoms with Crippen molar-refractivity contribution >= 4 is 5.91 Å². The summed E-state index contributed by atoms with van der Waals surface area (Å²) in [4.78, 5) is 15.3. The molecule has 0 radical (unpaired) electrons. The van der Waals surface area contributed by atoms with Gasteiger partial charge in [0.05, 0.1) is 12.7 Å². The molecule has 0 aromatic carbocycles. The molecule has 0 aromatic rings. The summed E-state index contributed by atoms with van der Waals surface area (Å²) >= 11 is 0. The molecular weight excluding hydrogens is 264 g/mol. The highest BCUT2D eigenvalue weighted by atomic mass is 16.4. The van der Waals surface area contributed by atoms with Crippen LogP contribution in [-0.4, -0.2) is 93.3 Å². The van der Waals surface area contributed by atoms with E-state index >= 15 is 0 Å². The van der Waals surface area contributed by atoms with Crippen LogP contribution in [0.2, 0.25) is 0 Å². The number of carbonyl (C=O) groups is 1. The number of β-amino-alcohol motifs (C(OH)–C–C–N with tert-alkyl or cyclic N) is 1. The summed E-state index contributed by atoms with van der Waals surface area (Å²) in [6, 6.07) is 0.215. The maximum absolute atomic E-state index is 11.4. The van der Waals surface area contributed by atoms with Gasteiger partial charge < -0.3 is 25.3 Å². The number of aliphatic hydroxyl groups excluding tert-OH is 4. The van der Waals surface area contributed by atoms with Crippen LogP contribution in [0.1, 0.15) is 13.3 Å². The first-order valence-corrected chi connectivity index (χ1v) is 7.08. The minimum Gasteiger partial charge on any atom is -0.394 e. The summed E-state index contributed by atoms with van der Waals surface area (Å²) in [5.41, 5.74) is 0. The number of amides is 1. The molecule has 2 aliphatic heterocycles. The molecule has 0 spiro atoms. The average Bonchev–Trinajstić information content (AvgIpc) is 2.98. The van der Waals surface area contributed by atoms with Crippen LogP contribution in [0.4, 0.5) is 0 Å². The molecular formula is C13H24N2O5. The monoisotopic (exact) mass is 288 g/mol. The SMILES string of the molecule is CC(=O)N1C[C@@H]2CCN(C[C@H](O)[C@H](O)[C@H](O)CO)[C@@H]2C1. The third-order valence-electron chi connectivity index (χ3n) is 4.51. The van der Waals surface area contributed by atoms with Crippen LogP contribution in [0, 0.1) is 5.92 Å². The zero-order valence-electron chi connectivity index (χ0n) is 11.7. The molecule has 0 aromatic heterocycles. The van der Waals surface area contributed by atoms with Crippen molar-refractivity contribution in [1.82, 2.24) is 9.80 Å². The zero-order valence-corrected chi connectivity index (χ0v) is 11.7. The molecule has 7 nitrogen and oxygen atoms in total. The quantitative estimate of drug-likeness (QED) is 0.450. The second-order valence-electron chi connectivity index (χ2n) is 5.84. The van der Waals surface area contributed by atoms with Gasteiger partial charge in [0.2, 0.25) is 5.91 Å². The first kappa shape index (κ1) is 15.7. The van der Waals surface area contributed by atoms with Gasteiger partial charge >= 0.3 is 0 Å². The highest BCUT2D eigenvalue weighted by Gasteiger charge is 2.43. The highest BCUT2D eigenvalue weighted by Crippen LogP contribution is 2.31. The Morgan fingerprint density at radius 1 is 1.25 bits per heavy atom. The van der Waals surface area contributed by atoms with Gasteiger partial charge in [-0.1, -0.05) is 0 Å². The summed E-state index contributed by atoms with van der Waals surface area (Å²) in [5, 5.41) is 37.7. The number of aliphatic hydroxyl groups is 4. The van der Waals surface area contributed by atoms with E-state index in [1.165, 1.54) is 0 Å². The Balaban J connectivity index is 1.89. The van der Waals surface area contributed by atoms with Gasteiger partial charge in [-0.05, 0) is 18.9 Å². The Hall–Kier alpha value is -0.730. The predicted octanol–water partition coefficient (Wildman–Crippen LogP) is -2.39.